The zero-order valence-electron chi connectivity index (χ0n) is 10.6. The molecule has 0 aliphatic carbocycles. The van der Waals surface area contributed by atoms with Crippen LogP contribution in [0, 0.1) is 6.92 Å². The Morgan fingerprint density at radius 1 is 1.42 bits per heavy atom. The minimum Gasteiger partial charge on any atom is -0.489 e. The minimum absolute atomic E-state index is 0.0156. The highest BCUT2D eigenvalue weighted by Gasteiger charge is 2.15. The smallest absolute Gasteiger partial charge is 0.297 e. The molecule has 0 N–H and O–H groups in total. The summed E-state index contributed by atoms with van der Waals surface area (Å²) in [5, 5.41) is 4.71. The highest BCUT2D eigenvalue weighted by atomic mass is 35.5. The van der Waals surface area contributed by atoms with Gasteiger partial charge in [-0.15, -0.1) is 0 Å². The van der Waals surface area contributed by atoms with Crippen molar-refractivity contribution >= 4 is 23.2 Å². The number of nitrogens with zero attached hydrogens (tertiary/aromatic N) is 4. The molecule has 2 rings (SSSR count). The maximum Gasteiger partial charge on any atom is 0.297 e. The van der Waals surface area contributed by atoms with Gasteiger partial charge in [0.15, 0.2) is 5.15 Å². The Hall–Kier alpha value is -1.53. The quantitative estimate of drug-likeness (QED) is 0.809. The van der Waals surface area contributed by atoms with E-state index in [-0.39, 0.29) is 23.0 Å². The van der Waals surface area contributed by atoms with Gasteiger partial charge >= 0.3 is 0 Å². The number of halogens is 2. The van der Waals surface area contributed by atoms with Crippen LogP contribution in [0.15, 0.2) is 11.1 Å². The van der Waals surface area contributed by atoms with E-state index in [1.807, 2.05) is 6.92 Å². The highest BCUT2D eigenvalue weighted by Crippen LogP contribution is 2.20. The second kappa shape index (κ2) is 5.22. The largest absolute Gasteiger partial charge is 0.489 e. The van der Waals surface area contributed by atoms with Gasteiger partial charge in [0, 0.05) is 12.6 Å². The zero-order chi connectivity index (χ0) is 14.2. The summed E-state index contributed by atoms with van der Waals surface area (Å²) in [5.74, 6) is 0.0156. The summed E-state index contributed by atoms with van der Waals surface area (Å²) in [5.41, 5.74) is 1.16. The molecule has 6 nitrogen and oxygen atoms in total. The predicted molar refractivity (Wildman–Crippen MR) is 72.1 cm³/mol. The molecule has 19 heavy (non-hydrogen) atoms. The molecule has 8 heteroatoms. The first-order chi connectivity index (χ1) is 8.95. The van der Waals surface area contributed by atoms with Crippen LogP contribution in [0.5, 0.6) is 5.75 Å². The van der Waals surface area contributed by atoms with Gasteiger partial charge in [-0.3, -0.25) is 14.0 Å². The molecule has 0 unspecified atom stereocenters. The van der Waals surface area contributed by atoms with Gasteiger partial charge in [-0.25, -0.2) is 4.98 Å². The molecule has 2 aromatic heterocycles. The summed E-state index contributed by atoms with van der Waals surface area (Å²) in [6.45, 7) is 2.09. The lowest BCUT2D eigenvalue weighted by molar-refractivity contribution is 0.401. The van der Waals surface area contributed by atoms with Crippen LogP contribution in [0.25, 0.3) is 0 Å². The van der Waals surface area contributed by atoms with E-state index in [2.05, 4.69) is 10.1 Å². The molecule has 0 atom stereocenters. The first kappa shape index (κ1) is 13.9. The van der Waals surface area contributed by atoms with Crippen molar-refractivity contribution in [1.82, 2.24) is 19.3 Å². The molecule has 0 aliphatic heterocycles. The van der Waals surface area contributed by atoms with E-state index in [0.29, 0.717) is 5.15 Å². The van der Waals surface area contributed by atoms with E-state index in [0.717, 1.165) is 11.3 Å². The fraction of sp³-hybridized carbons (Fsp3) is 0.364. The van der Waals surface area contributed by atoms with Crippen molar-refractivity contribution in [2.24, 2.45) is 7.05 Å². The van der Waals surface area contributed by atoms with Crippen LogP contribution >= 0.6 is 23.2 Å². The summed E-state index contributed by atoms with van der Waals surface area (Å²) in [6, 6.07) is 0. The first-order valence-corrected chi connectivity index (χ1v) is 6.18. The summed E-state index contributed by atoms with van der Waals surface area (Å²) in [6.07, 6.45) is 1.36. The molecule has 0 saturated heterocycles. The Balaban J connectivity index is 2.47. The molecule has 0 aliphatic rings. The van der Waals surface area contributed by atoms with Crippen LogP contribution in [0.2, 0.25) is 10.3 Å². The van der Waals surface area contributed by atoms with Gasteiger partial charge in [0.25, 0.3) is 5.56 Å². The molecule has 0 amide bonds. The number of aromatic nitrogens is 4. The van der Waals surface area contributed by atoms with Crippen molar-refractivity contribution in [3.63, 3.8) is 0 Å². The summed E-state index contributed by atoms with van der Waals surface area (Å²) < 4.78 is 7.87. The van der Waals surface area contributed by atoms with Crippen LogP contribution in [0.4, 0.5) is 0 Å². The van der Waals surface area contributed by atoms with E-state index in [1.54, 1.807) is 11.7 Å². The maximum atomic E-state index is 12.1. The van der Waals surface area contributed by atoms with Gasteiger partial charge in [-0.1, -0.05) is 23.2 Å². The third-order valence-electron chi connectivity index (χ3n) is 2.76. The lowest BCUT2D eigenvalue weighted by Gasteiger charge is -2.08. The minimum atomic E-state index is -0.359. The molecule has 0 spiro atoms. The van der Waals surface area contributed by atoms with Crippen molar-refractivity contribution < 1.29 is 4.74 Å². The molecule has 0 radical (unpaired) electrons. The Bertz CT molecular complexity index is 678. The van der Waals surface area contributed by atoms with Gasteiger partial charge in [0.05, 0.1) is 25.7 Å². The van der Waals surface area contributed by atoms with Crippen molar-refractivity contribution in [3.8, 4) is 5.75 Å². The highest BCUT2D eigenvalue weighted by molar-refractivity contribution is 6.30. The molecule has 0 aromatic carbocycles. The normalized spacial score (nSPS) is 10.8. The van der Waals surface area contributed by atoms with Crippen LogP contribution in [0.1, 0.15) is 11.3 Å². The number of hydrogen-bond acceptors (Lipinski definition) is 4. The Labute approximate surface area is 119 Å². The lowest BCUT2D eigenvalue weighted by Crippen LogP contribution is -2.23. The van der Waals surface area contributed by atoms with Crippen molar-refractivity contribution in [2.75, 3.05) is 7.11 Å². The summed E-state index contributed by atoms with van der Waals surface area (Å²) >= 11 is 11.9. The molecule has 0 bridgehead atoms. The monoisotopic (exact) mass is 302 g/mol. The lowest BCUT2D eigenvalue weighted by atomic mass is 10.2. The third-order valence-corrected chi connectivity index (χ3v) is 3.50. The molecule has 0 saturated carbocycles. The van der Waals surface area contributed by atoms with E-state index in [4.69, 9.17) is 27.9 Å². The van der Waals surface area contributed by atoms with E-state index in [1.165, 1.54) is 18.0 Å². The number of ether oxygens (including phenoxy) is 1. The van der Waals surface area contributed by atoms with Gasteiger partial charge in [0.1, 0.15) is 5.15 Å². The number of aryl methyl sites for hydroxylation is 2. The van der Waals surface area contributed by atoms with Gasteiger partial charge in [0.2, 0.25) is 5.75 Å². The zero-order valence-corrected chi connectivity index (χ0v) is 12.2. The van der Waals surface area contributed by atoms with Crippen LogP contribution in [-0.4, -0.2) is 26.4 Å². The van der Waals surface area contributed by atoms with Gasteiger partial charge in [-0.05, 0) is 6.92 Å². The molecule has 102 valence electrons. The number of rotatable bonds is 3. The van der Waals surface area contributed by atoms with Crippen molar-refractivity contribution in [3.05, 3.63) is 38.2 Å². The average Bonchev–Trinajstić information content (AvgIpc) is 2.59. The standard InChI is InChI=1S/C11H12Cl2N4O2/c1-6-7(10(13)16(2)15-6)4-17-5-14-9(12)8(19-3)11(17)18/h5H,4H2,1-3H3. The predicted octanol–water partition coefficient (Wildman–Crippen LogP) is 1.65. The van der Waals surface area contributed by atoms with Crippen LogP contribution in [-0.2, 0) is 13.6 Å². The summed E-state index contributed by atoms with van der Waals surface area (Å²) in [7, 11) is 3.11. The second-order valence-corrected chi connectivity index (χ2v) is 4.70. The van der Waals surface area contributed by atoms with E-state index in [9.17, 15) is 4.79 Å². The number of hydrogen-bond donors (Lipinski definition) is 0. The Morgan fingerprint density at radius 3 is 2.63 bits per heavy atom. The number of methoxy groups -OCH3 is 1. The Morgan fingerprint density at radius 2 is 2.11 bits per heavy atom. The van der Waals surface area contributed by atoms with Gasteiger partial charge < -0.3 is 4.74 Å². The molecule has 2 aromatic rings. The topological polar surface area (TPSA) is 61.9 Å². The van der Waals surface area contributed by atoms with E-state index < -0.39 is 0 Å². The van der Waals surface area contributed by atoms with Crippen LogP contribution in [0.3, 0.4) is 0 Å². The Kier molecular flexibility index (Phi) is 3.82. The summed E-state index contributed by atoms with van der Waals surface area (Å²) in [4.78, 5) is 16.0. The first-order valence-electron chi connectivity index (χ1n) is 5.42. The van der Waals surface area contributed by atoms with E-state index >= 15 is 0 Å². The van der Waals surface area contributed by atoms with Crippen LogP contribution < -0.4 is 10.3 Å². The molecular weight excluding hydrogens is 291 g/mol. The molecular formula is C11H12Cl2N4O2. The average molecular weight is 303 g/mol. The van der Waals surface area contributed by atoms with Crippen molar-refractivity contribution in [1.29, 1.82) is 0 Å². The fourth-order valence-electron chi connectivity index (χ4n) is 1.76. The van der Waals surface area contributed by atoms with Crippen molar-refractivity contribution in [2.45, 2.75) is 13.5 Å². The SMILES string of the molecule is COc1c(Cl)ncn(Cc2c(C)nn(C)c2Cl)c1=O. The third kappa shape index (κ3) is 2.46. The van der Waals surface area contributed by atoms with Gasteiger partial charge in [-0.2, -0.15) is 5.10 Å². The molecule has 0 fully saturated rings. The fourth-order valence-corrected chi connectivity index (χ4v) is 2.19. The maximum absolute atomic E-state index is 12.1. The second-order valence-electron chi connectivity index (χ2n) is 3.98. The molecule has 2 heterocycles.